The van der Waals surface area contributed by atoms with E-state index in [9.17, 15) is 0 Å². The summed E-state index contributed by atoms with van der Waals surface area (Å²) in [6.45, 7) is 0. The number of anilines is 1. The number of hydrogen-bond donors (Lipinski definition) is 1. The van der Waals surface area contributed by atoms with Crippen molar-refractivity contribution in [3.05, 3.63) is 29.8 Å². The number of rotatable bonds is 4. The molecule has 17 heavy (non-hydrogen) atoms. The topological polar surface area (TPSA) is 69.6 Å². The third kappa shape index (κ3) is 2.41. The fourth-order valence-electron chi connectivity index (χ4n) is 1.59. The molecule has 1 aromatic carbocycles. The Labute approximate surface area is 103 Å². The van der Waals surface area contributed by atoms with Crippen LogP contribution in [0.4, 0.5) is 5.69 Å². The van der Waals surface area contributed by atoms with Crippen LogP contribution in [0.15, 0.2) is 29.4 Å². The van der Waals surface area contributed by atoms with E-state index in [1.165, 1.54) is 18.4 Å². The summed E-state index contributed by atoms with van der Waals surface area (Å²) in [4.78, 5) is 0. The zero-order valence-corrected chi connectivity index (χ0v) is 10.1. The Morgan fingerprint density at radius 3 is 2.76 bits per heavy atom. The number of thioether (sulfide) groups is 1. The van der Waals surface area contributed by atoms with Crippen LogP contribution < -0.4 is 5.73 Å². The van der Waals surface area contributed by atoms with Crippen LogP contribution in [0.2, 0.25) is 0 Å². The van der Waals surface area contributed by atoms with E-state index in [-0.39, 0.29) is 0 Å². The van der Waals surface area contributed by atoms with Gasteiger partial charge in [-0.05, 0) is 41.0 Å². The highest BCUT2D eigenvalue weighted by Crippen LogP contribution is 2.36. The summed E-state index contributed by atoms with van der Waals surface area (Å²) >= 11 is 1.67. The second-order valence-electron chi connectivity index (χ2n) is 4.17. The van der Waals surface area contributed by atoms with E-state index in [0.29, 0.717) is 6.04 Å². The Kier molecular flexibility index (Phi) is 2.72. The highest BCUT2D eigenvalue weighted by molar-refractivity contribution is 7.98. The first-order valence-electron chi connectivity index (χ1n) is 5.58. The number of nitrogens with two attached hydrogens (primary N) is 1. The number of aromatic nitrogens is 4. The monoisotopic (exact) mass is 247 g/mol. The number of benzene rings is 1. The van der Waals surface area contributed by atoms with Crippen LogP contribution in [0.3, 0.4) is 0 Å². The molecular formula is C11H13N5S. The van der Waals surface area contributed by atoms with Crippen LogP contribution in [0.5, 0.6) is 0 Å². The average molecular weight is 247 g/mol. The molecule has 1 saturated carbocycles. The number of hydrogen-bond acceptors (Lipinski definition) is 5. The maximum Gasteiger partial charge on any atom is 0.209 e. The van der Waals surface area contributed by atoms with Crippen molar-refractivity contribution in [1.29, 1.82) is 0 Å². The number of nitrogen functional groups attached to an aromatic ring is 1. The van der Waals surface area contributed by atoms with E-state index in [1.54, 1.807) is 11.8 Å². The first kappa shape index (κ1) is 10.6. The van der Waals surface area contributed by atoms with Gasteiger partial charge >= 0.3 is 0 Å². The van der Waals surface area contributed by atoms with Crippen LogP contribution in [-0.4, -0.2) is 20.2 Å². The number of nitrogens with zero attached hydrogens (tertiary/aromatic N) is 4. The van der Waals surface area contributed by atoms with Gasteiger partial charge in [-0.25, -0.2) is 4.68 Å². The van der Waals surface area contributed by atoms with Crippen LogP contribution in [0, 0.1) is 0 Å². The maximum absolute atomic E-state index is 5.65. The van der Waals surface area contributed by atoms with Crippen LogP contribution in [0.25, 0.3) is 0 Å². The van der Waals surface area contributed by atoms with E-state index in [2.05, 4.69) is 15.5 Å². The fraction of sp³-hybridized carbons (Fsp3) is 0.364. The van der Waals surface area contributed by atoms with E-state index < -0.39 is 0 Å². The Morgan fingerprint density at radius 1 is 1.29 bits per heavy atom. The normalized spacial score (nSPS) is 15.1. The van der Waals surface area contributed by atoms with Crippen LogP contribution in [-0.2, 0) is 5.75 Å². The molecule has 1 fully saturated rings. The maximum atomic E-state index is 5.65. The standard InChI is InChI=1S/C11H13N5S/c12-9-3-1-8(2-4-9)7-17-11-13-14-15-16(11)10-5-6-10/h1-4,10H,5-7,12H2. The van der Waals surface area contributed by atoms with Gasteiger partial charge in [-0.2, -0.15) is 0 Å². The van der Waals surface area contributed by atoms with Gasteiger partial charge in [0.05, 0.1) is 6.04 Å². The van der Waals surface area contributed by atoms with Crippen molar-refractivity contribution in [3.8, 4) is 0 Å². The molecule has 1 aliphatic rings. The van der Waals surface area contributed by atoms with Gasteiger partial charge in [-0.3, -0.25) is 0 Å². The molecule has 0 atom stereocenters. The van der Waals surface area contributed by atoms with Gasteiger partial charge in [-0.15, -0.1) is 5.10 Å². The molecule has 2 N–H and O–H groups in total. The summed E-state index contributed by atoms with van der Waals surface area (Å²) in [7, 11) is 0. The molecule has 0 unspecified atom stereocenters. The molecular weight excluding hydrogens is 234 g/mol. The van der Waals surface area contributed by atoms with Gasteiger partial charge in [0, 0.05) is 11.4 Å². The summed E-state index contributed by atoms with van der Waals surface area (Å²) in [6, 6.07) is 8.43. The lowest BCUT2D eigenvalue weighted by molar-refractivity contribution is 0.565. The molecule has 5 nitrogen and oxygen atoms in total. The summed E-state index contributed by atoms with van der Waals surface area (Å²) < 4.78 is 1.93. The Morgan fingerprint density at radius 2 is 2.06 bits per heavy atom. The van der Waals surface area contributed by atoms with Gasteiger partial charge in [0.25, 0.3) is 0 Å². The molecule has 88 valence electrons. The SMILES string of the molecule is Nc1ccc(CSc2nnnn2C2CC2)cc1. The lowest BCUT2D eigenvalue weighted by Gasteiger charge is -2.02. The lowest BCUT2D eigenvalue weighted by atomic mass is 10.2. The largest absolute Gasteiger partial charge is 0.399 e. The predicted molar refractivity (Wildman–Crippen MR) is 66.5 cm³/mol. The highest BCUT2D eigenvalue weighted by Gasteiger charge is 2.27. The van der Waals surface area contributed by atoms with Crippen molar-refractivity contribution < 1.29 is 0 Å². The predicted octanol–water partition coefficient (Wildman–Crippen LogP) is 1.88. The minimum Gasteiger partial charge on any atom is -0.399 e. The molecule has 0 bridgehead atoms. The second-order valence-corrected chi connectivity index (χ2v) is 5.11. The van der Waals surface area contributed by atoms with Crippen LogP contribution >= 0.6 is 11.8 Å². The first-order valence-corrected chi connectivity index (χ1v) is 6.56. The van der Waals surface area contributed by atoms with Crippen molar-refractivity contribution in [2.45, 2.75) is 29.8 Å². The summed E-state index contributed by atoms with van der Waals surface area (Å²) in [5, 5.41) is 12.7. The molecule has 0 amide bonds. The van der Waals surface area contributed by atoms with Gasteiger partial charge in [0.2, 0.25) is 5.16 Å². The van der Waals surface area contributed by atoms with Crippen molar-refractivity contribution in [2.75, 3.05) is 5.73 Å². The van der Waals surface area contributed by atoms with E-state index >= 15 is 0 Å². The summed E-state index contributed by atoms with van der Waals surface area (Å²) in [6.07, 6.45) is 2.39. The summed E-state index contributed by atoms with van der Waals surface area (Å²) in [5.74, 6) is 0.868. The fourth-order valence-corrected chi connectivity index (χ4v) is 2.49. The third-order valence-electron chi connectivity index (χ3n) is 2.70. The van der Waals surface area contributed by atoms with Gasteiger partial charge < -0.3 is 5.73 Å². The molecule has 0 radical (unpaired) electrons. The van der Waals surface area contributed by atoms with Crippen molar-refractivity contribution in [3.63, 3.8) is 0 Å². The van der Waals surface area contributed by atoms with E-state index in [1.807, 2.05) is 28.9 Å². The molecule has 1 heterocycles. The second kappa shape index (κ2) is 4.37. The molecule has 0 saturated heterocycles. The quantitative estimate of drug-likeness (QED) is 0.660. The van der Waals surface area contributed by atoms with Crippen molar-refractivity contribution in [2.24, 2.45) is 0 Å². The molecule has 6 heteroatoms. The summed E-state index contributed by atoms with van der Waals surface area (Å²) in [5.41, 5.74) is 7.67. The molecule has 0 spiro atoms. The zero-order valence-electron chi connectivity index (χ0n) is 9.28. The highest BCUT2D eigenvalue weighted by atomic mass is 32.2. The van der Waals surface area contributed by atoms with Gasteiger partial charge in [-0.1, -0.05) is 23.9 Å². The molecule has 0 aliphatic heterocycles. The van der Waals surface area contributed by atoms with Gasteiger partial charge in [0.15, 0.2) is 0 Å². The first-order chi connectivity index (χ1) is 8.33. The average Bonchev–Trinajstić information content (AvgIpc) is 3.08. The lowest BCUT2D eigenvalue weighted by Crippen LogP contribution is -1.98. The van der Waals surface area contributed by atoms with Crippen molar-refractivity contribution in [1.82, 2.24) is 20.2 Å². The Balaban J connectivity index is 1.67. The molecule has 2 aromatic rings. The van der Waals surface area contributed by atoms with Crippen LogP contribution in [0.1, 0.15) is 24.4 Å². The molecule has 3 rings (SSSR count). The Bertz CT molecular complexity index is 503. The third-order valence-corrected chi connectivity index (χ3v) is 3.71. The minimum absolute atomic E-state index is 0.527. The molecule has 1 aliphatic carbocycles. The minimum atomic E-state index is 0.527. The Hall–Kier alpha value is -1.56. The van der Waals surface area contributed by atoms with Crippen molar-refractivity contribution >= 4 is 17.4 Å². The van der Waals surface area contributed by atoms with Gasteiger partial charge in [0.1, 0.15) is 0 Å². The zero-order chi connectivity index (χ0) is 11.7. The van der Waals surface area contributed by atoms with E-state index in [4.69, 9.17) is 5.73 Å². The van der Waals surface area contributed by atoms with E-state index in [0.717, 1.165) is 16.6 Å². The smallest absolute Gasteiger partial charge is 0.209 e. The molecule has 1 aromatic heterocycles. The number of tetrazole rings is 1.